The van der Waals surface area contributed by atoms with Crippen LogP contribution in [0.2, 0.25) is 0 Å². The summed E-state index contributed by atoms with van der Waals surface area (Å²) in [6.07, 6.45) is 0. The van der Waals surface area contributed by atoms with Crippen LogP contribution >= 0.6 is 63.7 Å². The van der Waals surface area contributed by atoms with Crippen molar-refractivity contribution in [1.82, 2.24) is 40.5 Å². The van der Waals surface area contributed by atoms with Gasteiger partial charge in [0.1, 0.15) is 11.4 Å². The van der Waals surface area contributed by atoms with E-state index < -0.39 is 0 Å². The largest absolute Gasteiger partial charge is 0.369 e. The monoisotopic (exact) mass is 770 g/mol. The molecule has 0 spiro atoms. The molecule has 10 N–H and O–H groups in total. The molecular formula is C22H18Br4N10O2. The minimum absolute atomic E-state index is 0.175. The number of H-pyrrole nitrogens is 4. The fourth-order valence-electron chi connectivity index (χ4n) is 4.98. The van der Waals surface area contributed by atoms with Gasteiger partial charge in [-0.1, -0.05) is 0 Å². The number of aromatic nitrogens is 6. The molecule has 16 heteroatoms. The second-order valence-corrected chi connectivity index (χ2v) is 12.1. The summed E-state index contributed by atoms with van der Waals surface area (Å²) >= 11 is 13.5. The molecule has 1 aliphatic rings. The van der Waals surface area contributed by atoms with Crippen LogP contribution in [0.1, 0.15) is 43.9 Å². The molecule has 2 atom stereocenters. The summed E-state index contributed by atoms with van der Waals surface area (Å²) in [5.41, 5.74) is 17.4. The van der Waals surface area contributed by atoms with E-state index in [-0.39, 0.29) is 35.5 Å². The molecule has 4 heterocycles. The number of amides is 2. The summed E-state index contributed by atoms with van der Waals surface area (Å²) in [6, 6.07) is 3.39. The third kappa shape index (κ3) is 4.13. The van der Waals surface area contributed by atoms with Crippen LogP contribution in [0.25, 0.3) is 22.1 Å². The zero-order valence-electron chi connectivity index (χ0n) is 19.1. The first kappa shape index (κ1) is 25.5. The number of aromatic amines is 4. The van der Waals surface area contributed by atoms with E-state index in [0.717, 1.165) is 20.1 Å². The second kappa shape index (κ2) is 9.43. The Kier molecular flexibility index (Phi) is 6.32. The number of hydrogen-bond donors (Lipinski definition) is 8. The maximum atomic E-state index is 12.9. The van der Waals surface area contributed by atoms with E-state index in [9.17, 15) is 9.59 Å². The van der Waals surface area contributed by atoms with Gasteiger partial charge in [0.15, 0.2) is 11.9 Å². The molecule has 2 unspecified atom stereocenters. The number of imidazole rings is 2. The molecule has 12 nitrogen and oxygen atoms in total. The molecule has 0 saturated carbocycles. The number of benzene rings is 1. The molecule has 38 heavy (non-hydrogen) atoms. The number of carbonyl (C=O) groups is 2. The highest BCUT2D eigenvalue weighted by Crippen LogP contribution is 2.52. The zero-order chi connectivity index (χ0) is 26.9. The number of halogens is 4. The van der Waals surface area contributed by atoms with Gasteiger partial charge in [-0.05, 0) is 87.0 Å². The van der Waals surface area contributed by atoms with Crippen molar-refractivity contribution in [1.29, 1.82) is 0 Å². The van der Waals surface area contributed by atoms with Crippen molar-refractivity contribution in [3.05, 3.63) is 52.8 Å². The number of fused-ring (bicyclic) bond motifs is 6. The Balaban J connectivity index is 1.35. The summed E-state index contributed by atoms with van der Waals surface area (Å²) in [6.45, 7) is 0.598. The van der Waals surface area contributed by atoms with Crippen LogP contribution in [-0.2, 0) is 0 Å². The van der Waals surface area contributed by atoms with Crippen molar-refractivity contribution < 1.29 is 9.59 Å². The maximum Gasteiger partial charge on any atom is 0.267 e. The van der Waals surface area contributed by atoms with Crippen LogP contribution in [0.4, 0.5) is 11.9 Å². The van der Waals surface area contributed by atoms with Crippen LogP contribution in [0, 0.1) is 0 Å². The summed E-state index contributed by atoms with van der Waals surface area (Å²) < 4.78 is 2.83. The quantitative estimate of drug-likeness (QED) is 0.126. The van der Waals surface area contributed by atoms with Gasteiger partial charge in [0.25, 0.3) is 11.8 Å². The Labute approximate surface area is 247 Å². The number of nitrogen functional groups attached to an aromatic ring is 2. The van der Waals surface area contributed by atoms with Crippen LogP contribution < -0.4 is 22.1 Å². The lowest BCUT2D eigenvalue weighted by atomic mass is 9.66. The maximum absolute atomic E-state index is 12.9. The fraction of sp³-hybridized carbons (Fsp3) is 0.182. The highest BCUT2D eigenvalue weighted by atomic mass is 79.9. The topological polar surface area (TPSA) is 199 Å². The third-order valence-electron chi connectivity index (χ3n) is 6.63. The molecule has 2 amide bonds. The number of nitrogens with one attached hydrogen (secondary N) is 6. The Morgan fingerprint density at radius 3 is 1.47 bits per heavy atom. The van der Waals surface area contributed by atoms with Crippen molar-refractivity contribution >= 4 is 109 Å². The summed E-state index contributed by atoms with van der Waals surface area (Å²) in [4.78, 5) is 47.0. The molecule has 0 bridgehead atoms. The van der Waals surface area contributed by atoms with E-state index >= 15 is 0 Å². The Morgan fingerprint density at radius 1 is 0.737 bits per heavy atom. The predicted octanol–water partition coefficient (Wildman–Crippen LogP) is 4.35. The average molecular weight is 774 g/mol. The van der Waals surface area contributed by atoms with Gasteiger partial charge in [0.05, 0.1) is 40.2 Å². The standard InChI is InChI=1S/C22H18Br4N10O2/c23-7-1-9(31-17(7)25)19(37)29-3-5-6(4-30-20(38)10-2-8(24)18(26)32-10)12-11(5)13-15(35-21(27)33-13)16-14(12)34-22(28)36-16/h1-2,5-6,31-32H,3-4H2,(H,29,37)(H,30,38)(H3,27,33,35)(H3,28,34,36). The first-order valence-corrected chi connectivity index (χ1v) is 14.4. The number of carbonyl (C=O) groups excluding carboxylic acids is 2. The van der Waals surface area contributed by atoms with Gasteiger partial charge in [-0.25, -0.2) is 9.97 Å². The predicted molar refractivity (Wildman–Crippen MR) is 157 cm³/mol. The van der Waals surface area contributed by atoms with E-state index in [1.165, 1.54) is 0 Å². The van der Waals surface area contributed by atoms with Crippen molar-refractivity contribution in [2.75, 3.05) is 24.6 Å². The van der Waals surface area contributed by atoms with E-state index in [2.05, 4.69) is 104 Å². The van der Waals surface area contributed by atoms with Crippen molar-refractivity contribution in [3.8, 4) is 0 Å². The third-order valence-corrected chi connectivity index (χ3v) is 10.2. The van der Waals surface area contributed by atoms with Gasteiger partial charge in [-0.3, -0.25) is 9.59 Å². The molecule has 0 fully saturated rings. The molecule has 0 radical (unpaired) electrons. The smallest absolute Gasteiger partial charge is 0.267 e. The summed E-state index contributed by atoms with van der Waals surface area (Å²) in [5.74, 6) is -0.373. The molecule has 4 aromatic heterocycles. The number of anilines is 2. The second-order valence-electron chi connectivity index (χ2n) is 8.84. The first-order chi connectivity index (χ1) is 18.1. The summed E-state index contributed by atoms with van der Waals surface area (Å²) in [7, 11) is 0. The van der Waals surface area contributed by atoms with Gasteiger partial charge >= 0.3 is 0 Å². The van der Waals surface area contributed by atoms with Crippen molar-refractivity contribution in [2.45, 2.75) is 11.8 Å². The van der Waals surface area contributed by atoms with Crippen LogP contribution in [0.3, 0.4) is 0 Å². The van der Waals surface area contributed by atoms with Gasteiger partial charge < -0.3 is 42.0 Å². The van der Waals surface area contributed by atoms with Crippen LogP contribution in [-0.4, -0.2) is 54.8 Å². The van der Waals surface area contributed by atoms with Crippen LogP contribution in [0.15, 0.2) is 30.3 Å². The molecule has 1 aliphatic carbocycles. The number of nitrogens with zero attached hydrogens (tertiary/aromatic N) is 2. The minimum atomic E-state index is -0.267. The lowest BCUT2D eigenvalue weighted by molar-refractivity contribution is 0.0927. The highest BCUT2D eigenvalue weighted by Gasteiger charge is 2.43. The van der Waals surface area contributed by atoms with Gasteiger partial charge in [-0.15, -0.1) is 0 Å². The highest BCUT2D eigenvalue weighted by molar-refractivity contribution is 9.13. The average Bonchev–Trinajstić information content (AvgIpc) is 3.60. The van der Waals surface area contributed by atoms with Crippen molar-refractivity contribution in [2.24, 2.45) is 0 Å². The molecule has 6 rings (SSSR count). The SMILES string of the molecule is Nc1nc2c3c(c4nc(N)[nH]c4c2[nH]1)C(CNC(=O)c1cc(Br)c(Br)[nH]1)C3CNC(=O)c1cc(Br)c(Br)[nH]1. The van der Waals surface area contributed by atoms with Crippen LogP contribution in [0.5, 0.6) is 0 Å². The number of hydrogen-bond acceptors (Lipinski definition) is 6. The number of nitrogens with two attached hydrogens (primary N) is 2. The normalized spacial score (nSPS) is 16.5. The molecule has 0 aliphatic heterocycles. The molecule has 1 aromatic carbocycles. The zero-order valence-corrected chi connectivity index (χ0v) is 25.4. The van der Waals surface area contributed by atoms with E-state index in [1.54, 1.807) is 12.1 Å². The molecule has 196 valence electrons. The fourth-order valence-corrected chi connectivity index (χ4v) is 6.30. The Morgan fingerprint density at radius 2 is 1.13 bits per heavy atom. The van der Waals surface area contributed by atoms with E-state index in [0.29, 0.717) is 55.8 Å². The lowest BCUT2D eigenvalue weighted by Gasteiger charge is -2.40. The molecule has 5 aromatic rings. The summed E-state index contributed by atoms with van der Waals surface area (Å²) in [5, 5.41) is 6.00. The van der Waals surface area contributed by atoms with Gasteiger partial charge in [0.2, 0.25) is 0 Å². The molecule has 0 saturated heterocycles. The number of rotatable bonds is 6. The first-order valence-electron chi connectivity index (χ1n) is 11.2. The lowest BCUT2D eigenvalue weighted by Crippen LogP contribution is -2.42. The Bertz CT molecular complexity index is 1600. The molecular weight excluding hydrogens is 756 g/mol. The van der Waals surface area contributed by atoms with E-state index in [1.807, 2.05) is 0 Å². The van der Waals surface area contributed by atoms with Gasteiger partial charge in [0, 0.05) is 24.9 Å². The minimum Gasteiger partial charge on any atom is -0.369 e. The van der Waals surface area contributed by atoms with E-state index in [4.69, 9.17) is 11.5 Å². The van der Waals surface area contributed by atoms with Crippen molar-refractivity contribution in [3.63, 3.8) is 0 Å². The Hall–Kier alpha value is -2.82. The van der Waals surface area contributed by atoms with Gasteiger partial charge in [-0.2, -0.15) is 0 Å².